The highest BCUT2D eigenvalue weighted by Gasteiger charge is 2.40. The number of aliphatic hydroxyl groups excluding tert-OH is 1. The molecule has 1 saturated heterocycles. The van der Waals surface area contributed by atoms with Crippen LogP contribution >= 0.6 is 0 Å². The minimum absolute atomic E-state index is 0.0305. The molecule has 0 bridgehead atoms. The summed E-state index contributed by atoms with van der Waals surface area (Å²) in [6.07, 6.45) is -0.735. The van der Waals surface area contributed by atoms with Crippen molar-refractivity contribution in [2.24, 2.45) is 29.2 Å². The Labute approximate surface area is 460 Å². The predicted molar refractivity (Wildman–Crippen MR) is 286 cm³/mol. The van der Waals surface area contributed by atoms with Gasteiger partial charge in [0, 0.05) is 19.4 Å². The van der Waals surface area contributed by atoms with Crippen LogP contribution in [0.1, 0.15) is 112 Å². The summed E-state index contributed by atoms with van der Waals surface area (Å²) in [5, 5.41) is 51.8. The van der Waals surface area contributed by atoms with E-state index < -0.39 is 163 Å². The van der Waals surface area contributed by atoms with E-state index in [1.54, 1.807) is 58.0 Å². The first-order valence-electron chi connectivity index (χ1n) is 26.7. The maximum Gasteiger partial charge on any atom is 0.326 e. The van der Waals surface area contributed by atoms with Gasteiger partial charge in [-0.2, -0.15) is 0 Å². The lowest BCUT2D eigenvalue weighted by molar-refractivity contribution is -0.145. The van der Waals surface area contributed by atoms with Crippen LogP contribution in [0.15, 0.2) is 30.3 Å². The molecule has 442 valence electrons. The average molecular weight is 1120 g/mol. The van der Waals surface area contributed by atoms with E-state index in [2.05, 4.69) is 47.9 Å². The third-order valence-electron chi connectivity index (χ3n) is 12.9. The Morgan fingerprint density at radius 1 is 0.620 bits per heavy atom. The Bertz CT molecular complexity index is 2270. The Balaban J connectivity index is 2.15. The molecule has 1 aliphatic heterocycles. The van der Waals surface area contributed by atoms with Gasteiger partial charge in [-0.05, 0) is 88.7 Å². The highest BCUT2D eigenvalue weighted by Crippen LogP contribution is 2.21. The monoisotopic (exact) mass is 1120 g/mol. The maximum atomic E-state index is 14.4. The zero-order valence-electron chi connectivity index (χ0n) is 46.4. The molecule has 0 unspecified atom stereocenters. The van der Waals surface area contributed by atoms with E-state index in [-0.39, 0.29) is 44.1 Å². The number of carbonyl (C=O) groups excluding carboxylic acids is 10. The fourth-order valence-corrected chi connectivity index (χ4v) is 8.29. The summed E-state index contributed by atoms with van der Waals surface area (Å²) in [6, 6.07) is -2.80. The summed E-state index contributed by atoms with van der Waals surface area (Å²) >= 11 is 0. The molecule has 79 heavy (non-hydrogen) atoms. The Hall–Kier alpha value is -7.26. The smallest absolute Gasteiger partial charge is 0.326 e. The highest BCUT2D eigenvalue weighted by atomic mass is 16.4. The number of amides is 10. The number of unbranched alkanes of at least 4 members (excludes halogenated alkanes) is 1. The van der Waals surface area contributed by atoms with Gasteiger partial charge in [0.05, 0.1) is 25.2 Å². The quantitative estimate of drug-likeness (QED) is 0.0306. The van der Waals surface area contributed by atoms with Gasteiger partial charge < -0.3 is 79.5 Å². The van der Waals surface area contributed by atoms with Crippen LogP contribution in [-0.2, 0) is 64.0 Å². The molecule has 27 nitrogen and oxygen atoms in total. The summed E-state index contributed by atoms with van der Waals surface area (Å²) in [5.41, 5.74) is 12.1. The molecule has 1 aliphatic rings. The van der Waals surface area contributed by atoms with Crippen molar-refractivity contribution in [3.8, 4) is 0 Å². The second kappa shape index (κ2) is 33.9. The Morgan fingerprint density at radius 3 is 1.73 bits per heavy atom. The minimum atomic E-state index is -1.73. The summed E-state index contributed by atoms with van der Waals surface area (Å²) in [7, 11) is 0. The van der Waals surface area contributed by atoms with Crippen LogP contribution in [0.25, 0.3) is 0 Å². The summed E-state index contributed by atoms with van der Waals surface area (Å²) < 4.78 is 0. The van der Waals surface area contributed by atoms with E-state index in [4.69, 9.17) is 11.5 Å². The van der Waals surface area contributed by atoms with Crippen LogP contribution in [0.2, 0.25) is 0 Å². The number of carbonyl (C=O) groups is 12. The van der Waals surface area contributed by atoms with E-state index in [9.17, 15) is 72.9 Å². The SMILES string of the molecule is CC(C)C[C@H](NC(=O)[C@@H](N)C(C)C)C(=O)NCC(=O)N[C@@H](C)C(=O)N[C@@H](CCC(=O)O)C(=O)NCC(=O)N[C@H](C(=O)N[C@H](C(=O)N[C@@H](Cc1ccccc1)C(=O)N1CCC[C@H]1C(=O)N[C@@H](CCCCN)C(=O)O)C(C)C)[C@@H](C)O. The number of aliphatic carboxylic acids is 2. The van der Waals surface area contributed by atoms with Crippen LogP contribution in [0.3, 0.4) is 0 Å². The molecule has 2 rings (SSSR count). The molecule has 1 aromatic rings. The predicted octanol–water partition coefficient (Wildman–Crippen LogP) is -2.99. The molecule has 0 radical (unpaired) electrons. The topological polar surface area (TPSA) is 429 Å². The molecular weight excluding hydrogens is 1030 g/mol. The number of carboxylic acid groups (broad SMARTS) is 2. The van der Waals surface area contributed by atoms with Crippen LogP contribution in [-0.4, -0.2) is 178 Å². The number of hydrogen-bond acceptors (Lipinski definition) is 15. The van der Waals surface area contributed by atoms with Gasteiger partial charge in [0.1, 0.15) is 48.3 Å². The standard InChI is InChI=1S/C52H84N12O15/c1-27(2)23-35(60-48(74)41(54)28(3)4)46(72)56-25-38(66)57-30(7)44(70)58-33(19-20-40(68)69)45(71)55-26-39(67)62-43(31(8)65)50(76)63-42(29(5)6)49(75)61-36(24-32-15-10-9-11-16-32)51(77)64-22-14-18-37(64)47(73)59-34(52(78)79)17-12-13-21-53/h9-11,15-16,27-31,33-37,41-43,65H,12-14,17-26,53-54H2,1-8H3,(H,55,71)(H,56,72)(H,57,66)(H,58,70)(H,59,73)(H,60,74)(H,61,75)(H,62,67)(H,63,76)(H,68,69)(H,78,79)/t30-,31+,33-,34-,35-,36-,37-,41-,42-,43-/m0/s1. The van der Waals surface area contributed by atoms with Crippen molar-refractivity contribution in [2.45, 2.75) is 174 Å². The first kappa shape index (κ1) is 67.8. The molecule has 0 saturated carbocycles. The molecule has 0 spiro atoms. The largest absolute Gasteiger partial charge is 0.481 e. The van der Waals surface area contributed by atoms with Gasteiger partial charge in [0.25, 0.3) is 0 Å². The van der Waals surface area contributed by atoms with Gasteiger partial charge in [0.2, 0.25) is 59.1 Å². The van der Waals surface area contributed by atoms with E-state index in [1.165, 1.54) is 18.7 Å². The van der Waals surface area contributed by atoms with Gasteiger partial charge in [0.15, 0.2) is 0 Å². The zero-order chi connectivity index (χ0) is 59.7. The van der Waals surface area contributed by atoms with Crippen LogP contribution in [0.4, 0.5) is 0 Å². The summed E-state index contributed by atoms with van der Waals surface area (Å²) in [5.74, 6) is -11.7. The van der Waals surface area contributed by atoms with Crippen molar-refractivity contribution in [2.75, 3.05) is 26.2 Å². The van der Waals surface area contributed by atoms with Crippen LogP contribution in [0, 0.1) is 17.8 Å². The number of aliphatic hydroxyl groups is 1. The molecule has 16 N–H and O–H groups in total. The number of nitrogens with two attached hydrogens (primary N) is 2. The highest BCUT2D eigenvalue weighted by molar-refractivity contribution is 5.98. The summed E-state index contributed by atoms with van der Waals surface area (Å²) in [4.78, 5) is 159. The number of nitrogens with zero attached hydrogens (tertiary/aromatic N) is 1. The van der Waals surface area contributed by atoms with Gasteiger partial charge in [-0.3, -0.25) is 52.7 Å². The second-order valence-electron chi connectivity index (χ2n) is 20.8. The normalized spacial score (nSPS) is 16.6. The Morgan fingerprint density at radius 2 is 1.19 bits per heavy atom. The van der Waals surface area contributed by atoms with Crippen molar-refractivity contribution in [3.05, 3.63) is 35.9 Å². The fraction of sp³-hybridized carbons (Fsp3) is 0.654. The van der Waals surface area contributed by atoms with Gasteiger partial charge >= 0.3 is 11.9 Å². The van der Waals surface area contributed by atoms with Crippen molar-refractivity contribution >= 4 is 71.0 Å². The molecule has 1 heterocycles. The number of rotatable bonds is 34. The van der Waals surface area contributed by atoms with Crippen LogP contribution in [0.5, 0.6) is 0 Å². The van der Waals surface area contributed by atoms with E-state index in [0.717, 1.165) is 0 Å². The fourth-order valence-electron chi connectivity index (χ4n) is 8.29. The van der Waals surface area contributed by atoms with Crippen molar-refractivity contribution in [1.29, 1.82) is 0 Å². The van der Waals surface area contributed by atoms with Crippen molar-refractivity contribution < 1.29 is 72.9 Å². The number of benzene rings is 1. The lowest BCUT2D eigenvalue weighted by atomic mass is 9.99. The maximum absolute atomic E-state index is 14.4. The second-order valence-corrected chi connectivity index (χ2v) is 20.8. The third kappa shape index (κ3) is 23.7. The molecule has 10 amide bonds. The molecule has 0 aliphatic carbocycles. The molecule has 1 fully saturated rings. The molecule has 10 atom stereocenters. The van der Waals surface area contributed by atoms with E-state index in [0.29, 0.717) is 31.4 Å². The van der Waals surface area contributed by atoms with Crippen LogP contribution < -0.4 is 59.3 Å². The van der Waals surface area contributed by atoms with Crippen molar-refractivity contribution in [1.82, 2.24) is 52.8 Å². The number of hydrogen-bond donors (Lipinski definition) is 14. The lowest BCUT2D eigenvalue weighted by Gasteiger charge is -2.31. The third-order valence-corrected chi connectivity index (χ3v) is 12.9. The first-order chi connectivity index (χ1) is 37.1. The van der Waals surface area contributed by atoms with Gasteiger partial charge in [-0.1, -0.05) is 71.9 Å². The average Bonchev–Trinajstić information content (AvgIpc) is 3.89. The molecule has 1 aromatic carbocycles. The van der Waals surface area contributed by atoms with E-state index in [1.807, 2.05) is 13.8 Å². The van der Waals surface area contributed by atoms with Gasteiger partial charge in [-0.15, -0.1) is 0 Å². The molecule has 27 heteroatoms. The first-order valence-corrected chi connectivity index (χ1v) is 26.7. The number of carboxylic acids is 2. The van der Waals surface area contributed by atoms with Gasteiger partial charge in [-0.25, -0.2) is 4.79 Å². The molecular formula is C52H84N12O15. The lowest BCUT2D eigenvalue weighted by Crippen LogP contribution is -2.61. The van der Waals surface area contributed by atoms with Crippen molar-refractivity contribution in [3.63, 3.8) is 0 Å². The Kier molecular flexibility index (Phi) is 29.1. The minimum Gasteiger partial charge on any atom is -0.481 e. The van der Waals surface area contributed by atoms with E-state index >= 15 is 0 Å². The summed E-state index contributed by atoms with van der Waals surface area (Å²) in [6.45, 7) is 11.7. The number of likely N-dealkylation sites (tertiary alicyclic amines) is 1. The zero-order valence-corrected chi connectivity index (χ0v) is 46.4. The number of nitrogens with one attached hydrogen (secondary N) is 9. The molecule has 0 aromatic heterocycles.